The van der Waals surface area contributed by atoms with E-state index in [0.717, 1.165) is 31.6 Å². The average molecular weight is 284 g/mol. The lowest BCUT2D eigenvalue weighted by atomic mass is 9.77. The van der Waals surface area contributed by atoms with E-state index in [0.29, 0.717) is 13.2 Å². The predicted molar refractivity (Wildman–Crippen MR) is 82.6 cm³/mol. The number of hydrogen-bond acceptors (Lipinski definition) is 3. The molecule has 20 heavy (non-hydrogen) atoms. The zero-order valence-corrected chi connectivity index (χ0v) is 13.4. The first-order chi connectivity index (χ1) is 9.63. The van der Waals surface area contributed by atoms with Gasteiger partial charge in [0, 0.05) is 13.2 Å². The van der Waals surface area contributed by atoms with Crippen molar-refractivity contribution in [2.75, 3.05) is 13.2 Å². The third-order valence-electron chi connectivity index (χ3n) is 4.16. The molecule has 3 heteroatoms. The van der Waals surface area contributed by atoms with E-state index in [9.17, 15) is 5.11 Å². The maximum atomic E-state index is 10.6. The lowest BCUT2D eigenvalue weighted by molar-refractivity contribution is -0.105. The van der Waals surface area contributed by atoms with Crippen LogP contribution in [-0.2, 0) is 9.47 Å². The van der Waals surface area contributed by atoms with E-state index in [1.54, 1.807) is 0 Å². The highest BCUT2D eigenvalue weighted by Gasteiger charge is 2.30. The van der Waals surface area contributed by atoms with Crippen molar-refractivity contribution in [2.24, 2.45) is 5.92 Å². The van der Waals surface area contributed by atoms with Gasteiger partial charge in [-0.2, -0.15) is 0 Å². The molecule has 0 aromatic rings. The average Bonchev–Trinajstić information content (AvgIpc) is 2.45. The van der Waals surface area contributed by atoms with Gasteiger partial charge in [-0.3, -0.25) is 0 Å². The summed E-state index contributed by atoms with van der Waals surface area (Å²) >= 11 is 0. The minimum Gasteiger partial charge on any atom is -0.386 e. The van der Waals surface area contributed by atoms with Crippen molar-refractivity contribution in [2.45, 2.75) is 77.6 Å². The van der Waals surface area contributed by atoms with Crippen molar-refractivity contribution in [3.8, 4) is 0 Å². The fourth-order valence-electron chi connectivity index (χ4n) is 2.87. The standard InChI is InChI=1S/C17H32O3/c1-4-7-8-15-9-12-17(18,13-10-15)14-11-16(19-5-2)20-6-3/h11,14-16,18H,4-10,12-13H2,1-3H3. The highest BCUT2D eigenvalue weighted by molar-refractivity contribution is 5.04. The summed E-state index contributed by atoms with van der Waals surface area (Å²) in [6.45, 7) is 7.38. The molecule has 1 rings (SSSR count). The topological polar surface area (TPSA) is 38.7 Å². The Hall–Kier alpha value is -0.380. The molecule has 0 radical (unpaired) electrons. The van der Waals surface area contributed by atoms with Crippen molar-refractivity contribution in [1.82, 2.24) is 0 Å². The molecule has 0 saturated heterocycles. The normalized spacial score (nSPS) is 27.6. The van der Waals surface area contributed by atoms with Gasteiger partial charge in [-0.15, -0.1) is 0 Å². The molecule has 1 saturated carbocycles. The van der Waals surface area contributed by atoms with Crippen LogP contribution in [0.4, 0.5) is 0 Å². The zero-order valence-electron chi connectivity index (χ0n) is 13.4. The first-order valence-corrected chi connectivity index (χ1v) is 8.28. The van der Waals surface area contributed by atoms with E-state index < -0.39 is 5.60 Å². The molecule has 0 aromatic carbocycles. The number of aliphatic hydroxyl groups is 1. The van der Waals surface area contributed by atoms with Gasteiger partial charge in [0.2, 0.25) is 0 Å². The Balaban J connectivity index is 2.42. The molecule has 0 bridgehead atoms. The number of unbranched alkanes of at least 4 members (excludes halogenated alkanes) is 1. The molecule has 0 aromatic heterocycles. The number of rotatable bonds is 9. The zero-order chi connectivity index (χ0) is 14.8. The Morgan fingerprint density at radius 1 is 1.15 bits per heavy atom. The molecule has 1 fully saturated rings. The first kappa shape index (κ1) is 17.7. The smallest absolute Gasteiger partial charge is 0.176 e. The Morgan fingerprint density at radius 2 is 1.75 bits per heavy atom. The Bertz CT molecular complexity index is 261. The molecule has 118 valence electrons. The Labute approximate surface area is 124 Å². The summed E-state index contributed by atoms with van der Waals surface area (Å²) in [7, 11) is 0. The van der Waals surface area contributed by atoms with Crippen molar-refractivity contribution in [3.05, 3.63) is 12.2 Å². The summed E-state index contributed by atoms with van der Waals surface area (Å²) in [5.41, 5.74) is -0.658. The molecule has 0 spiro atoms. The van der Waals surface area contributed by atoms with Gasteiger partial charge < -0.3 is 14.6 Å². The van der Waals surface area contributed by atoms with E-state index in [1.807, 2.05) is 26.0 Å². The predicted octanol–water partition coefficient (Wildman–Crippen LogP) is 4.05. The van der Waals surface area contributed by atoms with Crippen LogP contribution in [0, 0.1) is 5.92 Å². The Morgan fingerprint density at radius 3 is 2.25 bits per heavy atom. The van der Waals surface area contributed by atoms with Crippen LogP contribution in [0.1, 0.15) is 65.7 Å². The van der Waals surface area contributed by atoms with Crippen molar-refractivity contribution in [3.63, 3.8) is 0 Å². The van der Waals surface area contributed by atoms with E-state index in [1.165, 1.54) is 19.3 Å². The molecule has 0 aliphatic heterocycles. The minimum atomic E-state index is -0.658. The highest BCUT2D eigenvalue weighted by Crippen LogP contribution is 2.35. The lowest BCUT2D eigenvalue weighted by Gasteiger charge is -2.34. The molecule has 1 N–H and O–H groups in total. The van der Waals surface area contributed by atoms with E-state index >= 15 is 0 Å². The molecule has 0 unspecified atom stereocenters. The molecular weight excluding hydrogens is 252 g/mol. The van der Waals surface area contributed by atoms with Gasteiger partial charge in [-0.25, -0.2) is 0 Å². The molecule has 0 atom stereocenters. The highest BCUT2D eigenvalue weighted by atomic mass is 16.7. The van der Waals surface area contributed by atoms with E-state index in [2.05, 4.69) is 6.92 Å². The summed E-state index contributed by atoms with van der Waals surface area (Å²) in [6, 6.07) is 0. The summed E-state index contributed by atoms with van der Waals surface area (Å²) in [5.74, 6) is 0.804. The van der Waals surface area contributed by atoms with Crippen LogP contribution in [0.3, 0.4) is 0 Å². The fraction of sp³-hybridized carbons (Fsp3) is 0.882. The first-order valence-electron chi connectivity index (χ1n) is 8.28. The summed E-state index contributed by atoms with van der Waals surface area (Å²) < 4.78 is 10.9. The maximum Gasteiger partial charge on any atom is 0.176 e. The molecule has 0 heterocycles. The quantitative estimate of drug-likeness (QED) is 0.513. The summed E-state index contributed by atoms with van der Waals surface area (Å²) in [5, 5.41) is 10.6. The van der Waals surface area contributed by atoms with Crippen LogP contribution in [0.5, 0.6) is 0 Å². The van der Waals surface area contributed by atoms with Crippen molar-refractivity contribution in [1.29, 1.82) is 0 Å². The van der Waals surface area contributed by atoms with Crippen molar-refractivity contribution < 1.29 is 14.6 Å². The molecule has 1 aliphatic rings. The van der Waals surface area contributed by atoms with Gasteiger partial charge in [0.25, 0.3) is 0 Å². The maximum absolute atomic E-state index is 10.6. The number of hydrogen-bond donors (Lipinski definition) is 1. The van der Waals surface area contributed by atoms with Crippen molar-refractivity contribution >= 4 is 0 Å². The van der Waals surface area contributed by atoms with Gasteiger partial charge >= 0.3 is 0 Å². The lowest BCUT2D eigenvalue weighted by Crippen LogP contribution is -2.32. The van der Waals surface area contributed by atoms with E-state index in [4.69, 9.17) is 9.47 Å². The van der Waals surface area contributed by atoms with Gasteiger partial charge in [0.05, 0.1) is 5.60 Å². The Kier molecular flexibility index (Phi) is 8.43. The third kappa shape index (κ3) is 6.38. The van der Waals surface area contributed by atoms with Gasteiger partial charge in [0.1, 0.15) is 0 Å². The molecular formula is C17H32O3. The molecule has 0 amide bonds. The summed E-state index contributed by atoms with van der Waals surface area (Å²) in [4.78, 5) is 0. The molecule has 1 aliphatic carbocycles. The van der Waals surface area contributed by atoms with Crippen LogP contribution < -0.4 is 0 Å². The van der Waals surface area contributed by atoms with Gasteiger partial charge in [-0.05, 0) is 51.5 Å². The van der Waals surface area contributed by atoms with Crippen LogP contribution >= 0.6 is 0 Å². The minimum absolute atomic E-state index is 0.327. The molecule has 3 nitrogen and oxygen atoms in total. The van der Waals surface area contributed by atoms with Crippen LogP contribution in [0.2, 0.25) is 0 Å². The number of ether oxygens (including phenoxy) is 2. The van der Waals surface area contributed by atoms with Crippen LogP contribution in [0.25, 0.3) is 0 Å². The third-order valence-corrected chi connectivity index (χ3v) is 4.16. The van der Waals surface area contributed by atoms with Gasteiger partial charge in [-0.1, -0.05) is 32.3 Å². The fourth-order valence-corrected chi connectivity index (χ4v) is 2.87. The monoisotopic (exact) mass is 284 g/mol. The second-order valence-corrected chi connectivity index (χ2v) is 5.83. The second-order valence-electron chi connectivity index (χ2n) is 5.83. The van der Waals surface area contributed by atoms with Gasteiger partial charge in [0.15, 0.2) is 6.29 Å². The largest absolute Gasteiger partial charge is 0.386 e. The van der Waals surface area contributed by atoms with E-state index in [-0.39, 0.29) is 6.29 Å². The second kappa shape index (κ2) is 9.54. The SMILES string of the molecule is CCCCC1CCC(O)(C=CC(OCC)OCC)CC1. The van der Waals surface area contributed by atoms with Crippen LogP contribution in [0.15, 0.2) is 12.2 Å². The summed E-state index contributed by atoms with van der Waals surface area (Å²) in [6.07, 6.45) is 11.3. The van der Waals surface area contributed by atoms with Crippen LogP contribution in [-0.4, -0.2) is 30.2 Å².